The highest BCUT2D eigenvalue weighted by molar-refractivity contribution is 6.83. The number of hydrogen-bond donors (Lipinski definition) is 0. The van der Waals surface area contributed by atoms with Gasteiger partial charge in [0.15, 0.2) is 0 Å². The summed E-state index contributed by atoms with van der Waals surface area (Å²) in [6.07, 6.45) is 2.10. The van der Waals surface area contributed by atoms with E-state index in [1.165, 1.54) is 5.56 Å². The van der Waals surface area contributed by atoms with E-state index in [-0.39, 0.29) is 0 Å². The summed E-state index contributed by atoms with van der Waals surface area (Å²) in [5.41, 5.74) is 6.25. The van der Waals surface area contributed by atoms with E-state index >= 15 is 0 Å². The molecule has 0 aliphatic rings. The Labute approximate surface area is 105 Å². The largest absolute Gasteiger partial charge is 0.192 e. The Morgan fingerprint density at radius 3 is 2.29 bits per heavy atom. The summed E-state index contributed by atoms with van der Waals surface area (Å²) >= 11 is 0. The van der Waals surface area contributed by atoms with Gasteiger partial charge in [0.1, 0.15) is 8.07 Å². The highest BCUT2D eigenvalue weighted by Gasteiger charge is 2.07. The fraction of sp³-hybridized carbons (Fsp3) is 0.400. The molecule has 0 heterocycles. The summed E-state index contributed by atoms with van der Waals surface area (Å²) in [6.45, 7) is 8.82. The maximum absolute atomic E-state index is 8.99. The van der Waals surface area contributed by atoms with E-state index in [1.54, 1.807) is 0 Å². The number of hydrogen-bond acceptors (Lipinski definition) is 1. The SMILES string of the molecule is CCCc1cc(C#N)cc(C#C[Si](C)(C)C)c1. The van der Waals surface area contributed by atoms with Crippen LogP contribution in [0.4, 0.5) is 0 Å². The maximum atomic E-state index is 8.99. The van der Waals surface area contributed by atoms with Crippen molar-refractivity contribution in [2.45, 2.75) is 39.4 Å². The highest BCUT2D eigenvalue weighted by atomic mass is 28.3. The zero-order chi connectivity index (χ0) is 12.9. The van der Waals surface area contributed by atoms with Crippen LogP contribution < -0.4 is 0 Å². The van der Waals surface area contributed by atoms with Crippen molar-refractivity contribution in [3.05, 3.63) is 34.9 Å². The summed E-state index contributed by atoms with van der Waals surface area (Å²) < 4.78 is 0. The lowest BCUT2D eigenvalue weighted by Crippen LogP contribution is -2.16. The number of aryl methyl sites for hydroxylation is 1. The average Bonchev–Trinajstić information content (AvgIpc) is 2.25. The molecule has 17 heavy (non-hydrogen) atoms. The predicted molar refractivity (Wildman–Crippen MR) is 75.4 cm³/mol. The van der Waals surface area contributed by atoms with Crippen molar-refractivity contribution in [1.82, 2.24) is 0 Å². The lowest BCUT2D eigenvalue weighted by molar-refractivity contribution is 0.921. The van der Waals surface area contributed by atoms with Crippen molar-refractivity contribution in [1.29, 1.82) is 5.26 Å². The minimum absolute atomic E-state index is 0.718. The third-order valence-electron chi connectivity index (χ3n) is 2.24. The number of nitrogens with zero attached hydrogens (tertiary/aromatic N) is 1. The molecule has 0 atom stereocenters. The van der Waals surface area contributed by atoms with Gasteiger partial charge in [-0.2, -0.15) is 5.26 Å². The second-order valence-electron chi connectivity index (χ2n) is 5.28. The summed E-state index contributed by atoms with van der Waals surface area (Å²) in [6, 6.07) is 8.16. The predicted octanol–water partition coefficient (Wildman–Crippen LogP) is 3.74. The molecular formula is C15H19NSi. The first-order valence-electron chi connectivity index (χ1n) is 6.02. The first kappa shape index (κ1) is 13.6. The van der Waals surface area contributed by atoms with Crippen LogP contribution in [0.15, 0.2) is 18.2 Å². The van der Waals surface area contributed by atoms with Gasteiger partial charge in [0.05, 0.1) is 11.6 Å². The zero-order valence-electron chi connectivity index (χ0n) is 11.1. The van der Waals surface area contributed by atoms with Crippen molar-refractivity contribution in [3.8, 4) is 17.5 Å². The summed E-state index contributed by atoms with van der Waals surface area (Å²) in [5, 5.41) is 8.99. The Kier molecular flexibility index (Phi) is 4.55. The molecule has 0 aliphatic carbocycles. The van der Waals surface area contributed by atoms with Crippen molar-refractivity contribution in [2.75, 3.05) is 0 Å². The van der Waals surface area contributed by atoms with Gasteiger partial charge in [-0.05, 0) is 30.2 Å². The van der Waals surface area contributed by atoms with E-state index in [9.17, 15) is 0 Å². The van der Waals surface area contributed by atoms with E-state index in [2.05, 4.69) is 50.2 Å². The smallest absolute Gasteiger partial charge is 0.129 e. The third kappa shape index (κ3) is 4.89. The van der Waals surface area contributed by atoms with Gasteiger partial charge >= 0.3 is 0 Å². The van der Waals surface area contributed by atoms with E-state index < -0.39 is 8.07 Å². The minimum Gasteiger partial charge on any atom is -0.192 e. The molecule has 88 valence electrons. The molecule has 0 aliphatic heterocycles. The van der Waals surface area contributed by atoms with E-state index in [0.717, 1.165) is 24.0 Å². The summed E-state index contributed by atoms with van der Waals surface area (Å²) in [4.78, 5) is 0. The molecule has 0 amide bonds. The van der Waals surface area contributed by atoms with Crippen LogP contribution in [0.3, 0.4) is 0 Å². The van der Waals surface area contributed by atoms with Crippen LogP contribution in [0.5, 0.6) is 0 Å². The minimum atomic E-state index is -1.35. The van der Waals surface area contributed by atoms with Gasteiger partial charge in [-0.25, -0.2) is 0 Å². The van der Waals surface area contributed by atoms with Crippen LogP contribution >= 0.6 is 0 Å². The van der Waals surface area contributed by atoms with Gasteiger partial charge in [-0.1, -0.05) is 38.9 Å². The van der Waals surface area contributed by atoms with Crippen molar-refractivity contribution < 1.29 is 0 Å². The molecule has 1 rings (SSSR count). The molecule has 0 bridgehead atoms. The Morgan fingerprint density at radius 2 is 1.76 bits per heavy atom. The topological polar surface area (TPSA) is 23.8 Å². The van der Waals surface area contributed by atoms with Gasteiger partial charge in [-0.3, -0.25) is 0 Å². The van der Waals surface area contributed by atoms with Crippen LogP contribution in [0.2, 0.25) is 19.6 Å². The molecule has 0 fully saturated rings. The van der Waals surface area contributed by atoms with Gasteiger partial charge in [0.25, 0.3) is 0 Å². The highest BCUT2D eigenvalue weighted by Crippen LogP contribution is 2.11. The van der Waals surface area contributed by atoms with E-state index in [1.807, 2.05) is 12.1 Å². The molecule has 1 nitrogen and oxygen atoms in total. The van der Waals surface area contributed by atoms with Gasteiger partial charge in [-0.15, -0.1) is 5.54 Å². The van der Waals surface area contributed by atoms with Crippen LogP contribution in [-0.2, 0) is 6.42 Å². The monoisotopic (exact) mass is 241 g/mol. The Balaban J connectivity index is 3.11. The molecule has 2 heteroatoms. The first-order valence-corrected chi connectivity index (χ1v) is 9.52. The zero-order valence-corrected chi connectivity index (χ0v) is 12.1. The van der Waals surface area contributed by atoms with Crippen LogP contribution in [0.25, 0.3) is 0 Å². The normalized spacial score (nSPS) is 10.3. The van der Waals surface area contributed by atoms with Gasteiger partial charge in [0, 0.05) is 5.56 Å². The van der Waals surface area contributed by atoms with Gasteiger partial charge in [0.2, 0.25) is 0 Å². The van der Waals surface area contributed by atoms with Crippen LogP contribution in [-0.4, -0.2) is 8.07 Å². The Morgan fingerprint density at radius 1 is 1.12 bits per heavy atom. The van der Waals surface area contributed by atoms with E-state index in [4.69, 9.17) is 5.26 Å². The third-order valence-corrected chi connectivity index (χ3v) is 3.12. The number of benzene rings is 1. The van der Waals surface area contributed by atoms with Crippen molar-refractivity contribution in [3.63, 3.8) is 0 Å². The average molecular weight is 241 g/mol. The number of rotatable bonds is 2. The van der Waals surface area contributed by atoms with Crippen LogP contribution in [0.1, 0.15) is 30.0 Å². The molecule has 1 aromatic rings. The maximum Gasteiger partial charge on any atom is 0.129 e. The second kappa shape index (κ2) is 5.71. The second-order valence-corrected chi connectivity index (χ2v) is 10.0. The first-order chi connectivity index (χ1) is 7.94. The van der Waals surface area contributed by atoms with Crippen LogP contribution in [0, 0.1) is 22.8 Å². The fourth-order valence-corrected chi connectivity index (χ4v) is 2.04. The van der Waals surface area contributed by atoms with E-state index in [0.29, 0.717) is 0 Å². The lowest BCUT2D eigenvalue weighted by atomic mass is 10.0. The molecular weight excluding hydrogens is 222 g/mol. The van der Waals surface area contributed by atoms with Crippen molar-refractivity contribution >= 4 is 8.07 Å². The number of nitriles is 1. The Hall–Kier alpha value is -1.51. The molecule has 0 unspecified atom stereocenters. The molecule has 0 radical (unpaired) electrons. The lowest BCUT2D eigenvalue weighted by Gasteiger charge is -2.04. The van der Waals surface area contributed by atoms with Crippen molar-refractivity contribution in [2.24, 2.45) is 0 Å². The van der Waals surface area contributed by atoms with Gasteiger partial charge < -0.3 is 0 Å². The fourth-order valence-electron chi connectivity index (χ4n) is 1.52. The Bertz CT molecular complexity index is 492. The summed E-state index contributed by atoms with van der Waals surface area (Å²) in [5.74, 6) is 3.22. The molecule has 0 spiro atoms. The molecule has 0 aromatic heterocycles. The molecule has 0 N–H and O–H groups in total. The molecule has 0 saturated heterocycles. The summed E-state index contributed by atoms with van der Waals surface area (Å²) in [7, 11) is -1.35. The molecule has 1 aromatic carbocycles. The molecule has 0 saturated carbocycles. The standard InChI is InChI=1S/C15H19NSi/c1-5-6-13-9-14(7-8-17(2,3)4)11-15(10-13)12-16/h9-11H,5-6H2,1-4H3. The quantitative estimate of drug-likeness (QED) is 0.571.